The van der Waals surface area contributed by atoms with Gasteiger partial charge in [0.05, 0.1) is 13.5 Å². The third-order valence-electron chi connectivity index (χ3n) is 4.22. The molecule has 0 atom stereocenters. The van der Waals surface area contributed by atoms with Gasteiger partial charge >= 0.3 is 0 Å². The maximum absolute atomic E-state index is 12.4. The highest BCUT2D eigenvalue weighted by Gasteiger charge is 2.18. The van der Waals surface area contributed by atoms with Crippen LogP contribution >= 0.6 is 0 Å². The molecule has 0 unspecified atom stereocenters. The minimum atomic E-state index is 0.179. The lowest BCUT2D eigenvalue weighted by atomic mass is 9.99. The molecule has 3 heteroatoms. The molecule has 1 heterocycles. The molecule has 2 aromatic rings. The second kappa shape index (κ2) is 7.14. The van der Waals surface area contributed by atoms with Crippen LogP contribution in [-0.2, 0) is 11.2 Å². The number of carbonyl (C=O) groups is 1. The summed E-state index contributed by atoms with van der Waals surface area (Å²) < 4.78 is 5.14. The average Bonchev–Trinajstić information content (AvgIpc) is 2.63. The third-order valence-corrected chi connectivity index (χ3v) is 4.22. The fourth-order valence-corrected chi connectivity index (χ4v) is 2.84. The summed E-state index contributed by atoms with van der Waals surface area (Å²) in [6.45, 7) is 1.48. The fourth-order valence-electron chi connectivity index (χ4n) is 2.84. The van der Waals surface area contributed by atoms with Crippen molar-refractivity contribution in [1.82, 2.24) is 4.90 Å². The molecule has 1 aliphatic heterocycles. The Balaban J connectivity index is 1.60. The lowest BCUT2D eigenvalue weighted by Crippen LogP contribution is -2.35. The van der Waals surface area contributed by atoms with Crippen molar-refractivity contribution in [2.75, 3.05) is 20.2 Å². The van der Waals surface area contributed by atoms with Crippen LogP contribution in [-0.4, -0.2) is 31.0 Å². The molecule has 0 radical (unpaired) electrons. The van der Waals surface area contributed by atoms with Crippen molar-refractivity contribution in [3.63, 3.8) is 0 Å². The van der Waals surface area contributed by atoms with E-state index in [1.165, 1.54) is 11.1 Å². The Bertz CT molecular complexity index is 689. The van der Waals surface area contributed by atoms with Gasteiger partial charge in [-0.3, -0.25) is 4.79 Å². The zero-order chi connectivity index (χ0) is 16.1. The van der Waals surface area contributed by atoms with Crippen molar-refractivity contribution in [2.24, 2.45) is 0 Å². The Kier molecular flexibility index (Phi) is 4.77. The molecule has 0 N–H and O–H groups in total. The largest absolute Gasteiger partial charge is 0.497 e. The Morgan fingerprint density at radius 1 is 1.09 bits per heavy atom. The van der Waals surface area contributed by atoms with E-state index in [4.69, 9.17) is 4.74 Å². The molecular weight excluding hydrogens is 286 g/mol. The van der Waals surface area contributed by atoms with E-state index in [1.807, 2.05) is 35.2 Å². The lowest BCUT2D eigenvalue weighted by Gasteiger charge is -2.27. The molecule has 3 rings (SSSR count). The Hall–Kier alpha value is -2.55. The zero-order valence-electron chi connectivity index (χ0n) is 13.4. The molecule has 0 fully saturated rings. The van der Waals surface area contributed by atoms with Gasteiger partial charge in [0.25, 0.3) is 0 Å². The molecule has 2 aromatic carbocycles. The molecule has 23 heavy (non-hydrogen) atoms. The first kappa shape index (κ1) is 15.3. The number of hydrogen-bond donors (Lipinski definition) is 0. The lowest BCUT2D eigenvalue weighted by molar-refractivity contribution is -0.130. The van der Waals surface area contributed by atoms with Crippen molar-refractivity contribution >= 4 is 11.5 Å². The van der Waals surface area contributed by atoms with Crippen LogP contribution in [0.4, 0.5) is 0 Å². The summed E-state index contributed by atoms with van der Waals surface area (Å²) >= 11 is 0. The molecule has 0 spiro atoms. The van der Waals surface area contributed by atoms with Crippen LogP contribution in [0.15, 0.2) is 60.7 Å². The van der Waals surface area contributed by atoms with E-state index in [0.717, 1.165) is 24.3 Å². The maximum atomic E-state index is 12.4. The number of nitrogens with zero attached hydrogens (tertiary/aromatic N) is 1. The minimum Gasteiger partial charge on any atom is -0.497 e. The number of rotatable bonds is 4. The van der Waals surface area contributed by atoms with Gasteiger partial charge in [0, 0.05) is 13.1 Å². The zero-order valence-corrected chi connectivity index (χ0v) is 13.4. The number of methoxy groups -OCH3 is 1. The first-order chi connectivity index (χ1) is 11.3. The maximum Gasteiger partial charge on any atom is 0.227 e. The van der Waals surface area contributed by atoms with Crippen molar-refractivity contribution in [3.05, 3.63) is 71.8 Å². The molecule has 0 bridgehead atoms. The smallest absolute Gasteiger partial charge is 0.227 e. The quantitative estimate of drug-likeness (QED) is 0.864. The minimum absolute atomic E-state index is 0.179. The second-order valence-corrected chi connectivity index (χ2v) is 5.71. The predicted octanol–water partition coefficient (Wildman–Crippen LogP) is 3.55. The van der Waals surface area contributed by atoms with E-state index in [1.54, 1.807) is 7.11 Å². The van der Waals surface area contributed by atoms with Crippen molar-refractivity contribution < 1.29 is 9.53 Å². The summed E-state index contributed by atoms with van der Waals surface area (Å²) in [5.41, 5.74) is 3.61. The van der Waals surface area contributed by atoms with Gasteiger partial charge in [-0.25, -0.2) is 0 Å². The Labute approximate surface area is 137 Å². The van der Waals surface area contributed by atoms with Crippen LogP contribution in [0, 0.1) is 0 Å². The molecule has 0 saturated heterocycles. The van der Waals surface area contributed by atoms with Crippen molar-refractivity contribution in [3.8, 4) is 5.75 Å². The average molecular weight is 307 g/mol. The monoisotopic (exact) mass is 307 g/mol. The summed E-state index contributed by atoms with van der Waals surface area (Å²) in [4.78, 5) is 14.4. The molecule has 1 aliphatic rings. The summed E-state index contributed by atoms with van der Waals surface area (Å²) in [7, 11) is 1.64. The van der Waals surface area contributed by atoms with Crippen LogP contribution in [0.2, 0.25) is 0 Å². The number of amides is 1. The van der Waals surface area contributed by atoms with Crippen molar-refractivity contribution in [1.29, 1.82) is 0 Å². The molecule has 118 valence electrons. The molecular formula is C20H21NO2. The highest BCUT2D eigenvalue weighted by Crippen LogP contribution is 2.22. The molecule has 3 nitrogen and oxygen atoms in total. The van der Waals surface area contributed by atoms with Crippen LogP contribution in [0.1, 0.15) is 17.5 Å². The second-order valence-electron chi connectivity index (χ2n) is 5.71. The molecule has 0 aliphatic carbocycles. The van der Waals surface area contributed by atoms with E-state index in [0.29, 0.717) is 13.0 Å². The summed E-state index contributed by atoms with van der Waals surface area (Å²) in [5.74, 6) is 0.994. The standard InChI is InChI=1S/C20H21NO2/c1-23-19-9-7-16(8-10-19)15-20(22)21-13-11-18(12-14-21)17-5-3-2-4-6-17/h2-11H,12-15H2,1H3. The van der Waals surface area contributed by atoms with E-state index in [9.17, 15) is 4.79 Å². The molecule has 0 aromatic heterocycles. The number of benzene rings is 2. The highest BCUT2D eigenvalue weighted by atomic mass is 16.5. The summed E-state index contributed by atoms with van der Waals surface area (Å²) in [6.07, 6.45) is 3.53. The predicted molar refractivity (Wildman–Crippen MR) is 92.3 cm³/mol. The van der Waals surface area contributed by atoms with E-state index in [-0.39, 0.29) is 5.91 Å². The van der Waals surface area contributed by atoms with Gasteiger partial charge in [-0.1, -0.05) is 48.5 Å². The number of carbonyl (C=O) groups excluding carboxylic acids is 1. The van der Waals surface area contributed by atoms with Crippen molar-refractivity contribution in [2.45, 2.75) is 12.8 Å². The van der Waals surface area contributed by atoms with Crippen LogP contribution in [0.25, 0.3) is 5.57 Å². The van der Waals surface area contributed by atoms with Gasteiger partial charge in [-0.2, -0.15) is 0 Å². The van der Waals surface area contributed by atoms with Crippen LogP contribution in [0.3, 0.4) is 0 Å². The third kappa shape index (κ3) is 3.81. The van der Waals surface area contributed by atoms with E-state index in [2.05, 4.69) is 30.3 Å². The first-order valence-electron chi connectivity index (χ1n) is 7.91. The summed E-state index contributed by atoms with van der Waals surface area (Å²) in [5, 5.41) is 0. The van der Waals surface area contributed by atoms with Gasteiger partial charge in [0.2, 0.25) is 5.91 Å². The topological polar surface area (TPSA) is 29.5 Å². The Morgan fingerprint density at radius 3 is 2.43 bits per heavy atom. The summed E-state index contributed by atoms with van der Waals surface area (Å²) in [6, 6.07) is 18.1. The van der Waals surface area contributed by atoms with Gasteiger partial charge < -0.3 is 9.64 Å². The van der Waals surface area contributed by atoms with E-state index >= 15 is 0 Å². The fraction of sp³-hybridized carbons (Fsp3) is 0.250. The highest BCUT2D eigenvalue weighted by molar-refractivity contribution is 5.80. The van der Waals surface area contributed by atoms with Gasteiger partial charge in [-0.05, 0) is 35.3 Å². The first-order valence-corrected chi connectivity index (χ1v) is 7.91. The van der Waals surface area contributed by atoms with Gasteiger partial charge in [0.15, 0.2) is 0 Å². The normalized spacial score (nSPS) is 14.3. The number of hydrogen-bond acceptors (Lipinski definition) is 2. The van der Waals surface area contributed by atoms with Crippen LogP contribution in [0.5, 0.6) is 5.75 Å². The SMILES string of the molecule is COc1ccc(CC(=O)N2CC=C(c3ccccc3)CC2)cc1. The number of ether oxygens (including phenoxy) is 1. The Morgan fingerprint density at radius 2 is 1.83 bits per heavy atom. The van der Waals surface area contributed by atoms with Crippen LogP contribution < -0.4 is 4.74 Å². The van der Waals surface area contributed by atoms with E-state index < -0.39 is 0 Å². The van der Waals surface area contributed by atoms with Gasteiger partial charge in [-0.15, -0.1) is 0 Å². The van der Waals surface area contributed by atoms with Gasteiger partial charge in [0.1, 0.15) is 5.75 Å². The molecule has 0 saturated carbocycles. The molecule has 1 amide bonds.